The summed E-state index contributed by atoms with van der Waals surface area (Å²) in [7, 11) is 1.67. The summed E-state index contributed by atoms with van der Waals surface area (Å²) in [5.74, 6) is -0.166. The molecule has 0 atom stereocenters. The molecule has 0 unspecified atom stereocenters. The highest BCUT2D eigenvalue weighted by Gasteiger charge is 2.20. The van der Waals surface area contributed by atoms with E-state index in [0.717, 1.165) is 13.0 Å². The lowest BCUT2D eigenvalue weighted by Crippen LogP contribution is -2.24. The van der Waals surface area contributed by atoms with E-state index in [-0.39, 0.29) is 23.0 Å². The number of rotatable bonds is 16. The van der Waals surface area contributed by atoms with Crippen LogP contribution < -0.4 is 15.4 Å². The van der Waals surface area contributed by atoms with Gasteiger partial charge in [-0.15, -0.1) is 0 Å². The number of carbonyl (C=O) groups is 1. The van der Waals surface area contributed by atoms with Gasteiger partial charge in [0.2, 0.25) is 5.88 Å². The van der Waals surface area contributed by atoms with Crippen molar-refractivity contribution in [1.82, 2.24) is 25.1 Å². The summed E-state index contributed by atoms with van der Waals surface area (Å²) in [6.45, 7) is 1.73. The number of nitrogens with zero attached hydrogens (tertiary/aromatic N) is 5. The Balaban J connectivity index is 1.52. The number of pyridine rings is 1. The molecule has 0 spiro atoms. The number of aryl methyl sites for hydroxylation is 1. The molecule has 0 saturated heterocycles. The van der Waals surface area contributed by atoms with E-state index in [1.54, 1.807) is 36.1 Å². The number of hydrogen-bond acceptors (Lipinski definition) is 12. The lowest BCUT2D eigenvalue weighted by Gasteiger charge is -2.08. The summed E-state index contributed by atoms with van der Waals surface area (Å²) >= 11 is 1.19. The average molecular weight is 616 g/mol. The molecule has 0 bridgehead atoms. The van der Waals surface area contributed by atoms with Crippen LogP contribution >= 0.6 is 11.3 Å². The number of aromatic nitrogens is 4. The number of oxime groups is 1. The van der Waals surface area contributed by atoms with Gasteiger partial charge in [0.25, 0.3) is 5.91 Å². The molecule has 0 saturated carbocycles. The number of nitrogens with one attached hydrogen (secondary N) is 2. The third-order valence-electron chi connectivity index (χ3n) is 5.87. The van der Waals surface area contributed by atoms with Crippen LogP contribution in [0.5, 0.6) is 5.88 Å². The van der Waals surface area contributed by atoms with Gasteiger partial charge < -0.3 is 19.6 Å². The largest absolute Gasteiger partial charge is 0.478 e. The second-order valence-corrected chi connectivity index (χ2v) is 12.2. The van der Waals surface area contributed by atoms with Gasteiger partial charge in [0.05, 0.1) is 17.3 Å². The van der Waals surface area contributed by atoms with Crippen molar-refractivity contribution in [1.29, 1.82) is 0 Å². The predicted molar refractivity (Wildman–Crippen MR) is 160 cm³/mol. The quantitative estimate of drug-likeness (QED) is 0.109. The Hall–Kier alpha value is -3.92. The highest BCUT2D eigenvalue weighted by molar-refractivity contribution is 7.91. The lowest BCUT2D eigenvalue weighted by molar-refractivity contribution is -0.110. The molecule has 0 aliphatic heterocycles. The van der Waals surface area contributed by atoms with Crippen molar-refractivity contribution in [2.24, 2.45) is 12.2 Å². The predicted octanol–water partition coefficient (Wildman–Crippen LogP) is 2.78. The van der Waals surface area contributed by atoms with Crippen LogP contribution in [-0.2, 0) is 37.9 Å². The summed E-state index contributed by atoms with van der Waals surface area (Å²) in [5.41, 5.74) is 1.53. The van der Waals surface area contributed by atoms with Crippen molar-refractivity contribution >= 4 is 48.3 Å². The standard InChI is InChI=1S/C27H33N7O6S2/c1-28-13-4-16-39-23-11-10-22-26(30-23)41-27(29-22)31-25(35)24(33-40-18-20-12-14-34(2)32-20)19-6-8-21(9-7-19)42(36,37)17-5-15-38-3/h6-12,14,28H,4-5,13,15-18H2,1-3H3,(H,29,31,35)/b33-24+. The third kappa shape index (κ3) is 8.55. The zero-order chi connectivity index (χ0) is 30.0. The Bertz CT molecular complexity index is 1620. The Kier molecular flexibility index (Phi) is 10.9. The molecule has 2 N–H and O–H groups in total. The number of amides is 1. The molecule has 0 fully saturated rings. The first-order valence-corrected chi connectivity index (χ1v) is 15.6. The third-order valence-corrected chi connectivity index (χ3v) is 8.57. The Labute approximate surface area is 247 Å². The fourth-order valence-electron chi connectivity index (χ4n) is 3.78. The van der Waals surface area contributed by atoms with Crippen LogP contribution in [0.4, 0.5) is 5.13 Å². The van der Waals surface area contributed by atoms with Crippen molar-refractivity contribution in [3.8, 4) is 5.88 Å². The number of anilines is 1. The molecule has 0 radical (unpaired) electrons. The first-order valence-electron chi connectivity index (χ1n) is 13.2. The van der Waals surface area contributed by atoms with Gasteiger partial charge >= 0.3 is 0 Å². The van der Waals surface area contributed by atoms with Gasteiger partial charge in [0.1, 0.15) is 16.0 Å². The monoisotopic (exact) mass is 615 g/mol. The molecule has 1 amide bonds. The summed E-state index contributed by atoms with van der Waals surface area (Å²) in [6.07, 6.45) is 2.98. The molecular weight excluding hydrogens is 582 g/mol. The number of carbonyl (C=O) groups excluding carboxylic acids is 1. The minimum absolute atomic E-state index is 0.0335. The minimum Gasteiger partial charge on any atom is -0.478 e. The van der Waals surface area contributed by atoms with E-state index < -0.39 is 15.7 Å². The molecule has 15 heteroatoms. The molecule has 1 aromatic carbocycles. The van der Waals surface area contributed by atoms with Crippen LogP contribution in [0.15, 0.2) is 58.7 Å². The van der Waals surface area contributed by atoms with Gasteiger partial charge in [0, 0.05) is 38.6 Å². The van der Waals surface area contributed by atoms with E-state index in [4.69, 9.17) is 14.3 Å². The number of thiazole rings is 1. The second-order valence-electron chi connectivity index (χ2n) is 9.14. The van der Waals surface area contributed by atoms with Crippen molar-refractivity contribution in [3.63, 3.8) is 0 Å². The topological polar surface area (TPSA) is 159 Å². The molecule has 224 valence electrons. The number of benzene rings is 1. The van der Waals surface area contributed by atoms with Crippen LogP contribution in [0.3, 0.4) is 0 Å². The maximum absolute atomic E-state index is 13.4. The van der Waals surface area contributed by atoms with Crippen molar-refractivity contribution in [3.05, 3.63) is 59.9 Å². The second kappa shape index (κ2) is 14.8. The Morgan fingerprint density at radius 3 is 2.60 bits per heavy atom. The highest BCUT2D eigenvalue weighted by Crippen LogP contribution is 2.26. The summed E-state index contributed by atoms with van der Waals surface area (Å²) in [6, 6.07) is 11.2. The fourth-order valence-corrected chi connectivity index (χ4v) is 5.88. The number of hydrogen-bond donors (Lipinski definition) is 2. The van der Waals surface area contributed by atoms with Gasteiger partial charge in [-0.25, -0.2) is 18.4 Å². The molecule has 13 nitrogen and oxygen atoms in total. The molecule has 0 aliphatic rings. The van der Waals surface area contributed by atoms with Crippen LogP contribution in [-0.4, -0.2) is 79.5 Å². The summed E-state index contributed by atoms with van der Waals surface area (Å²) < 4.78 is 37.6. The van der Waals surface area contributed by atoms with Crippen molar-refractivity contribution < 1.29 is 27.5 Å². The summed E-state index contributed by atoms with van der Waals surface area (Å²) in [4.78, 5) is 28.5. The van der Waals surface area contributed by atoms with Gasteiger partial charge in [-0.05, 0) is 50.7 Å². The van der Waals surface area contributed by atoms with Gasteiger partial charge in [0.15, 0.2) is 27.3 Å². The molecular formula is C27H33N7O6S2. The van der Waals surface area contributed by atoms with Crippen molar-refractivity contribution in [2.75, 3.05) is 45.0 Å². The van der Waals surface area contributed by atoms with E-state index in [9.17, 15) is 13.2 Å². The first-order chi connectivity index (χ1) is 20.3. The van der Waals surface area contributed by atoms with E-state index in [1.807, 2.05) is 7.05 Å². The van der Waals surface area contributed by atoms with E-state index in [0.29, 0.717) is 52.3 Å². The molecule has 3 heterocycles. The SMILES string of the molecule is CNCCCOc1ccc2nc(NC(=O)/C(=N/OCc3ccn(C)n3)c3ccc(S(=O)(=O)CCCOC)cc3)sc2n1. The fraction of sp³-hybridized carbons (Fsp3) is 0.370. The Morgan fingerprint density at radius 2 is 1.88 bits per heavy atom. The van der Waals surface area contributed by atoms with Crippen LogP contribution in [0.25, 0.3) is 10.3 Å². The molecule has 0 aliphatic carbocycles. The molecule has 3 aromatic heterocycles. The van der Waals surface area contributed by atoms with E-state index >= 15 is 0 Å². The van der Waals surface area contributed by atoms with Gasteiger partial charge in [-0.3, -0.25) is 14.8 Å². The maximum atomic E-state index is 13.4. The average Bonchev–Trinajstić information content (AvgIpc) is 3.58. The molecule has 42 heavy (non-hydrogen) atoms. The lowest BCUT2D eigenvalue weighted by atomic mass is 10.1. The van der Waals surface area contributed by atoms with Crippen LogP contribution in [0.1, 0.15) is 24.1 Å². The first kappa shape index (κ1) is 31.0. The van der Waals surface area contributed by atoms with Gasteiger partial charge in [-0.2, -0.15) is 5.10 Å². The maximum Gasteiger partial charge on any atom is 0.280 e. The Morgan fingerprint density at radius 1 is 1.07 bits per heavy atom. The zero-order valence-corrected chi connectivity index (χ0v) is 25.2. The highest BCUT2D eigenvalue weighted by atomic mass is 32.2. The number of sulfone groups is 1. The van der Waals surface area contributed by atoms with Crippen molar-refractivity contribution in [2.45, 2.75) is 24.3 Å². The minimum atomic E-state index is -3.51. The zero-order valence-electron chi connectivity index (χ0n) is 23.6. The number of ether oxygens (including phenoxy) is 2. The molecule has 4 rings (SSSR count). The number of fused-ring (bicyclic) bond motifs is 1. The van der Waals surface area contributed by atoms with E-state index in [2.05, 4.69) is 30.9 Å². The number of methoxy groups -OCH3 is 1. The van der Waals surface area contributed by atoms with E-state index in [1.165, 1.54) is 42.7 Å². The van der Waals surface area contributed by atoms with Gasteiger partial charge in [-0.1, -0.05) is 28.6 Å². The normalized spacial score (nSPS) is 12.0. The molecule has 4 aromatic rings. The van der Waals surface area contributed by atoms with Crippen LogP contribution in [0, 0.1) is 0 Å². The summed E-state index contributed by atoms with van der Waals surface area (Å²) in [5, 5.41) is 14.5. The smallest absolute Gasteiger partial charge is 0.280 e. The van der Waals surface area contributed by atoms with Crippen LogP contribution in [0.2, 0.25) is 0 Å².